The number of rotatable bonds is 5. The highest BCUT2D eigenvalue weighted by Gasteiger charge is 2.36. The van der Waals surface area contributed by atoms with E-state index in [4.69, 9.17) is 4.98 Å². The van der Waals surface area contributed by atoms with Gasteiger partial charge in [0.15, 0.2) is 0 Å². The molecule has 2 aliphatic heterocycles. The summed E-state index contributed by atoms with van der Waals surface area (Å²) < 4.78 is 0. The second-order valence-corrected chi connectivity index (χ2v) is 9.09. The Morgan fingerprint density at radius 2 is 1.70 bits per heavy atom. The van der Waals surface area contributed by atoms with Crippen molar-refractivity contribution in [2.45, 2.75) is 44.6 Å². The second kappa shape index (κ2) is 9.61. The van der Waals surface area contributed by atoms with Gasteiger partial charge in [-0.25, -0.2) is 4.98 Å². The van der Waals surface area contributed by atoms with Crippen molar-refractivity contribution in [2.24, 2.45) is 0 Å². The SMILES string of the molecule is Cc1ccc(Nc2ccnc(N3CCCC3C(=O)N3CCC(c4ccccc4)CC3)n2)cc1. The number of benzene rings is 2. The van der Waals surface area contributed by atoms with Crippen LogP contribution in [0.5, 0.6) is 0 Å². The van der Waals surface area contributed by atoms with E-state index < -0.39 is 0 Å². The van der Waals surface area contributed by atoms with Crippen molar-refractivity contribution >= 4 is 23.4 Å². The first-order valence-corrected chi connectivity index (χ1v) is 11.9. The fourth-order valence-corrected chi connectivity index (χ4v) is 4.97. The predicted molar refractivity (Wildman–Crippen MR) is 132 cm³/mol. The van der Waals surface area contributed by atoms with Crippen molar-refractivity contribution in [1.82, 2.24) is 14.9 Å². The maximum atomic E-state index is 13.4. The summed E-state index contributed by atoms with van der Waals surface area (Å²) in [5.74, 6) is 2.13. The van der Waals surface area contributed by atoms with Crippen LogP contribution < -0.4 is 10.2 Å². The molecule has 6 heteroatoms. The molecular formula is C27H31N5O. The molecule has 3 heterocycles. The van der Waals surface area contributed by atoms with Crippen LogP contribution in [0.1, 0.15) is 42.7 Å². The monoisotopic (exact) mass is 441 g/mol. The number of likely N-dealkylation sites (tertiary alicyclic amines) is 1. The van der Waals surface area contributed by atoms with Crippen molar-refractivity contribution in [3.05, 3.63) is 78.0 Å². The lowest BCUT2D eigenvalue weighted by Crippen LogP contribution is -2.48. The quantitative estimate of drug-likeness (QED) is 0.610. The molecule has 0 bridgehead atoms. The maximum absolute atomic E-state index is 13.4. The van der Waals surface area contributed by atoms with E-state index in [0.717, 1.165) is 56.8 Å². The molecule has 1 aromatic heterocycles. The summed E-state index contributed by atoms with van der Waals surface area (Å²) in [5, 5.41) is 3.35. The number of carbonyl (C=O) groups excluding carboxylic acids is 1. The first-order valence-electron chi connectivity index (χ1n) is 11.9. The predicted octanol–water partition coefficient (Wildman–Crippen LogP) is 4.90. The van der Waals surface area contributed by atoms with Crippen molar-refractivity contribution in [1.29, 1.82) is 0 Å². The number of anilines is 3. The lowest BCUT2D eigenvalue weighted by Gasteiger charge is -2.35. The van der Waals surface area contributed by atoms with Gasteiger partial charge in [-0.2, -0.15) is 4.98 Å². The van der Waals surface area contributed by atoms with Gasteiger partial charge in [0.05, 0.1) is 0 Å². The molecule has 6 nitrogen and oxygen atoms in total. The van der Waals surface area contributed by atoms with Crippen LogP contribution in [0.4, 0.5) is 17.5 Å². The average Bonchev–Trinajstić information content (AvgIpc) is 3.36. The molecule has 0 saturated carbocycles. The van der Waals surface area contributed by atoms with Gasteiger partial charge >= 0.3 is 0 Å². The summed E-state index contributed by atoms with van der Waals surface area (Å²) in [6, 6.07) is 20.6. The maximum Gasteiger partial charge on any atom is 0.245 e. The fraction of sp³-hybridized carbons (Fsp3) is 0.370. The van der Waals surface area contributed by atoms with Crippen LogP contribution in [0.3, 0.4) is 0 Å². The topological polar surface area (TPSA) is 61.4 Å². The van der Waals surface area contributed by atoms with Crippen LogP contribution in [0.15, 0.2) is 66.9 Å². The normalized spacial score (nSPS) is 19.0. The van der Waals surface area contributed by atoms with Gasteiger partial charge in [0.25, 0.3) is 0 Å². The third-order valence-corrected chi connectivity index (χ3v) is 6.84. The third-order valence-electron chi connectivity index (χ3n) is 6.84. The molecule has 1 amide bonds. The number of amides is 1. The fourth-order valence-electron chi connectivity index (χ4n) is 4.97. The zero-order valence-electron chi connectivity index (χ0n) is 19.2. The van der Waals surface area contributed by atoms with Crippen LogP contribution in [0.25, 0.3) is 0 Å². The molecule has 2 aliphatic rings. The number of piperidine rings is 1. The lowest BCUT2D eigenvalue weighted by molar-refractivity contribution is -0.133. The molecule has 0 radical (unpaired) electrons. The van der Waals surface area contributed by atoms with Gasteiger partial charge < -0.3 is 15.1 Å². The van der Waals surface area contributed by atoms with Gasteiger partial charge in [-0.05, 0) is 62.3 Å². The minimum atomic E-state index is -0.173. The van der Waals surface area contributed by atoms with Gasteiger partial charge in [0, 0.05) is 31.5 Å². The molecule has 33 heavy (non-hydrogen) atoms. The highest BCUT2D eigenvalue weighted by atomic mass is 16.2. The average molecular weight is 442 g/mol. The third kappa shape index (κ3) is 4.85. The Kier molecular flexibility index (Phi) is 6.24. The van der Waals surface area contributed by atoms with E-state index in [1.807, 2.05) is 18.2 Å². The van der Waals surface area contributed by atoms with Crippen LogP contribution in [-0.4, -0.2) is 46.5 Å². The number of carbonyl (C=O) groups is 1. The summed E-state index contributed by atoms with van der Waals surface area (Å²) in [5.41, 5.74) is 3.59. The van der Waals surface area contributed by atoms with Crippen molar-refractivity contribution in [3.8, 4) is 0 Å². The van der Waals surface area contributed by atoms with Gasteiger partial charge in [0.2, 0.25) is 11.9 Å². The smallest absolute Gasteiger partial charge is 0.245 e. The van der Waals surface area contributed by atoms with E-state index in [9.17, 15) is 4.79 Å². The Bertz CT molecular complexity index is 1080. The minimum Gasteiger partial charge on any atom is -0.341 e. The van der Waals surface area contributed by atoms with E-state index in [2.05, 4.69) is 69.5 Å². The number of aryl methyl sites for hydroxylation is 1. The lowest BCUT2D eigenvalue weighted by atomic mass is 9.89. The molecule has 1 unspecified atom stereocenters. The van der Waals surface area contributed by atoms with Gasteiger partial charge in [0.1, 0.15) is 11.9 Å². The highest BCUT2D eigenvalue weighted by Crippen LogP contribution is 2.30. The molecule has 2 fully saturated rings. The van der Waals surface area contributed by atoms with Gasteiger partial charge in [-0.3, -0.25) is 4.79 Å². The van der Waals surface area contributed by atoms with Crippen LogP contribution in [-0.2, 0) is 4.79 Å². The molecule has 0 spiro atoms. The van der Waals surface area contributed by atoms with Crippen LogP contribution in [0.2, 0.25) is 0 Å². The molecule has 170 valence electrons. The Balaban J connectivity index is 1.25. The van der Waals surface area contributed by atoms with E-state index >= 15 is 0 Å². The zero-order chi connectivity index (χ0) is 22.6. The molecule has 2 aromatic carbocycles. The van der Waals surface area contributed by atoms with Gasteiger partial charge in [-0.1, -0.05) is 48.0 Å². The molecular weight excluding hydrogens is 410 g/mol. The van der Waals surface area contributed by atoms with E-state index in [0.29, 0.717) is 11.9 Å². The molecule has 1 N–H and O–H groups in total. The molecule has 3 aromatic rings. The number of hydrogen-bond acceptors (Lipinski definition) is 5. The Morgan fingerprint density at radius 3 is 2.45 bits per heavy atom. The Labute approximate surface area is 195 Å². The number of nitrogens with zero attached hydrogens (tertiary/aromatic N) is 4. The summed E-state index contributed by atoms with van der Waals surface area (Å²) in [4.78, 5) is 26.8. The largest absolute Gasteiger partial charge is 0.341 e. The summed E-state index contributed by atoms with van der Waals surface area (Å²) in [7, 11) is 0. The Hall–Kier alpha value is -3.41. The molecule has 0 aliphatic carbocycles. The van der Waals surface area contributed by atoms with E-state index in [1.54, 1.807) is 6.20 Å². The van der Waals surface area contributed by atoms with Crippen LogP contribution in [0, 0.1) is 6.92 Å². The minimum absolute atomic E-state index is 0.173. The first kappa shape index (κ1) is 21.4. The second-order valence-electron chi connectivity index (χ2n) is 9.09. The van der Waals surface area contributed by atoms with Crippen molar-refractivity contribution in [3.63, 3.8) is 0 Å². The summed E-state index contributed by atoms with van der Waals surface area (Å²) >= 11 is 0. The van der Waals surface area contributed by atoms with Crippen LogP contribution >= 0.6 is 0 Å². The number of aromatic nitrogens is 2. The van der Waals surface area contributed by atoms with Crippen molar-refractivity contribution < 1.29 is 4.79 Å². The highest BCUT2D eigenvalue weighted by molar-refractivity contribution is 5.85. The van der Waals surface area contributed by atoms with E-state index in [-0.39, 0.29) is 11.9 Å². The first-order chi connectivity index (χ1) is 16.2. The molecule has 1 atom stereocenters. The summed E-state index contributed by atoms with van der Waals surface area (Å²) in [6.45, 7) is 4.52. The van der Waals surface area contributed by atoms with Gasteiger partial charge in [-0.15, -0.1) is 0 Å². The molecule has 2 saturated heterocycles. The Morgan fingerprint density at radius 1 is 0.939 bits per heavy atom. The standard InChI is InChI=1S/C27H31N5O/c1-20-9-11-23(12-10-20)29-25-13-16-28-27(30-25)32-17-5-8-24(32)26(33)31-18-14-22(15-19-31)21-6-3-2-4-7-21/h2-4,6-7,9-13,16,22,24H,5,8,14-15,17-19H2,1H3,(H,28,29,30). The molecule has 5 rings (SSSR count). The summed E-state index contributed by atoms with van der Waals surface area (Å²) in [6.07, 6.45) is 5.65. The van der Waals surface area contributed by atoms with Crippen molar-refractivity contribution in [2.75, 3.05) is 29.9 Å². The van der Waals surface area contributed by atoms with E-state index in [1.165, 1.54) is 11.1 Å². The number of nitrogens with one attached hydrogen (secondary N) is 1. The zero-order valence-corrected chi connectivity index (χ0v) is 19.2. The number of hydrogen-bond donors (Lipinski definition) is 1.